The first-order valence-corrected chi connectivity index (χ1v) is 10.4. The topological polar surface area (TPSA) is 68.0 Å². The number of allylic oxidation sites excluding steroid dienone is 5. The number of aryl methyl sites for hydroxylation is 2. The van der Waals surface area contributed by atoms with Gasteiger partial charge >= 0.3 is 0 Å². The highest BCUT2D eigenvalue weighted by molar-refractivity contribution is 7.09. The predicted molar refractivity (Wildman–Crippen MR) is 130 cm³/mol. The van der Waals surface area contributed by atoms with Crippen LogP contribution >= 0.6 is 11.3 Å². The van der Waals surface area contributed by atoms with E-state index in [-0.39, 0.29) is 5.91 Å². The van der Waals surface area contributed by atoms with Crippen LogP contribution < -0.4 is 11.1 Å². The van der Waals surface area contributed by atoms with Crippen molar-refractivity contribution in [3.8, 4) is 0 Å². The van der Waals surface area contributed by atoms with Gasteiger partial charge in [-0.1, -0.05) is 48.6 Å². The molecule has 30 heavy (non-hydrogen) atoms. The maximum absolute atomic E-state index is 11.9. The molecule has 1 aromatic heterocycles. The molecule has 0 aliphatic heterocycles. The molecule has 0 saturated carbocycles. The van der Waals surface area contributed by atoms with E-state index in [9.17, 15) is 4.79 Å². The van der Waals surface area contributed by atoms with E-state index < -0.39 is 0 Å². The Labute approximate surface area is 182 Å². The SMILES string of the molecule is C=C/C(=C\C=C/C)c1csc(C)n1.Cc1ccc(NC(=O)c2ccc(N)cc2)cc1. The molecule has 0 unspecified atom stereocenters. The molecule has 0 atom stereocenters. The number of nitrogens with zero attached hydrogens (tertiary/aromatic N) is 1. The maximum Gasteiger partial charge on any atom is 0.255 e. The van der Waals surface area contributed by atoms with Crippen LogP contribution in [0.15, 0.2) is 84.8 Å². The molecule has 1 amide bonds. The van der Waals surface area contributed by atoms with Crippen molar-refractivity contribution in [2.75, 3.05) is 11.1 Å². The lowest BCUT2D eigenvalue weighted by Gasteiger charge is -2.05. The summed E-state index contributed by atoms with van der Waals surface area (Å²) in [5.74, 6) is -0.131. The number of amides is 1. The van der Waals surface area contributed by atoms with Crippen molar-refractivity contribution in [1.29, 1.82) is 0 Å². The van der Waals surface area contributed by atoms with Gasteiger partial charge in [0.2, 0.25) is 0 Å². The van der Waals surface area contributed by atoms with Crippen molar-refractivity contribution < 1.29 is 4.79 Å². The Hall–Kier alpha value is -3.44. The number of hydrogen-bond acceptors (Lipinski definition) is 4. The summed E-state index contributed by atoms with van der Waals surface area (Å²) >= 11 is 1.66. The Bertz CT molecular complexity index is 1030. The molecule has 2 aromatic carbocycles. The number of rotatable bonds is 5. The minimum atomic E-state index is -0.131. The maximum atomic E-state index is 11.9. The van der Waals surface area contributed by atoms with Crippen molar-refractivity contribution in [3.05, 3.63) is 107 Å². The molecule has 0 bridgehead atoms. The molecule has 0 fully saturated rings. The van der Waals surface area contributed by atoms with Crippen LogP contribution in [0.5, 0.6) is 0 Å². The van der Waals surface area contributed by atoms with Gasteiger partial charge in [0.05, 0.1) is 10.7 Å². The van der Waals surface area contributed by atoms with E-state index in [2.05, 4.69) is 16.9 Å². The molecule has 1 heterocycles. The number of carbonyl (C=O) groups excluding carboxylic acids is 1. The van der Waals surface area contributed by atoms with Crippen LogP contribution in [-0.4, -0.2) is 10.9 Å². The van der Waals surface area contributed by atoms with E-state index in [0.29, 0.717) is 11.3 Å². The van der Waals surface area contributed by atoms with Crippen LogP contribution in [0.25, 0.3) is 5.57 Å². The zero-order valence-electron chi connectivity index (χ0n) is 17.6. The van der Waals surface area contributed by atoms with Gasteiger partial charge < -0.3 is 11.1 Å². The van der Waals surface area contributed by atoms with Crippen molar-refractivity contribution in [3.63, 3.8) is 0 Å². The summed E-state index contributed by atoms with van der Waals surface area (Å²) < 4.78 is 0. The van der Waals surface area contributed by atoms with Crippen molar-refractivity contribution in [2.24, 2.45) is 0 Å². The van der Waals surface area contributed by atoms with E-state index in [4.69, 9.17) is 5.73 Å². The average molecular weight is 418 g/mol. The first-order valence-electron chi connectivity index (χ1n) is 9.54. The molecule has 0 saturated heterocycles. The molecule has 154 valence electrons. The summed E-state index contributed by atoms with van der Waals surface area (Å²) in [6, 6.07) is 14.5. The number of benzene rings is 2. The zero-order chi connectivity index (χ0) is 21.9. The summed E-state index contributed by atoms with van der Waals surface area (Å²) in [6.07, 6.45) is 7.82. The van der Waals surface area contributed by atoms with Crippen LogP contribution in [0, 0.1) is 13.8 Å². The number of anilines is 2. The van der Waals surface area contributed by atoms with Gasteiger partial charge in [-0.3, -0.25) is 4.79 Å². The minimum absolute atomic E-state index is 0.131. The Morgan fingerprint density at radius 3 is 2.30 bits per heavy atom. The first-order chi connectivity index (χ1) is 14.4. The van der Waals surface area contributed by atoms with Gasteiger partial charge in [0.1, 0.15) is 0 Å². The normalized spacial score (nSPS) is 11.0. The Balaban J connectivity index is 0.000000222. The third kappa shape index (κ3) is 7.18. The van der Waals surface area contributed by atoms with Gasteiger partial charge in [-0.25, -0.2) is 4.98 Å². The third-order valence-corrected chi connectivity index (χ3v) is 4.86. The Morgan fingerprint density at radius 2 is 1.77 bits per heavy atom. The smallest absolute Gasteiger partial charge is 0.255 e. The lowest BCUT2D eigenvalue weighted by molar-refractivity contribution is 0.102. The van der Waals surface area contributed by atoms with Gasteiger partial charge in [0.25, 0.3) is 5.91 Å². The highest BCUT2D eigenvalue weighted by Crippen LogP contribution is 2.18. The fraction of sp³-hybridized carbons (Fsp3) is 0.120. The van der Waals surface area contributed by atoms with Crippen LogP contribution in [0.1, 0.15) is 33.5 Å². The highest BCUT2D eigenvalue weighted by Gasteiger charge is 2.05. The first kappa shape index (κ1) is 22.8. The molecular weight excluding hydrogens is 390 g/mol. The zero-order valence-corrected chi connectivity index (χ0v) is 18.4. The fourth-order valence-corrected chi connectivity index (χ4v) is 3.05. The van der Waals surface area contributed by atoms with Crippen LogP contribution in [-0.2, 0) is 0 Å². The number of carbonyl (C=O) groups is 1. The van der Waals surface area contributed by atoms with Crippen molar-refractivity contribution in [1.82, 2.24) is 4.98 Å². The highest BCUT2D eigenvalue weighted by atomic mass is 32.1. The molecule has 0 aliphatic rings. The fourth-order valence-electron chi connectivity index (χ4n) is 2.43. The van der Waals surface area contributed by atoms with Crippen molar-refractivity contribution >= 4 is 34.2 Å². The second-order valence-electron chi connectivity index (χ2n) is 6.55. The predicted octanol–water partition coefficient (Wildman–Crippen LogP) is 6.43. The van der Waals surface area contributed by atoms with Crippen molar-refractivity contribution in [2.45, 2.75) is 20.8 Å². The molecule has 4 nitrogen and oxygen atoms in total. The molecule has 3 rings (SSSR count). The summed E-state index contributed by atoms with van der Waals surface area (Å²) in [7, 11) is 0. The van der Waals surface area contributed by atoms with Gasteiger partial charge in [-0.05, 0) is 57.2 Å². The lowest BCUT2D eigenvalue weighted by Crippen LogP contribution is -2.11. The lowest BCUT2D eigenvalue weighted by atomic mass is 10.2. The molecule has 3 N–H and O–H groups in total. The Morgan fingerprint density at radius 1 is 1.10 bits per heavy atom. The number of aromatic nitrogens is 1. The number of thiazole rings is 1. The van der Waals surface area contributed by atoms with Gasteiger partial charge in [0, 0.05) is 27.9 Å². The molecule has 5 heteroatoms. The van der Waals surface area contributed by atoms with Crippen LogP contribution in [0.4, 0.5) is 11.4 Å². The van der Waals surface area contributed by atoms with Gasteiger partial charge in [-0.2, -0.15) is 0 Å². The number of nitrogens with two attached hydrogens (primary N) is 1. The third-order valence-electron chi connectivity index (χ3n) is 4.09. The number of hydrogen-bond donors (Lipinski definition) is 2. The second-order valence-corrected chi connectivity index (χ2v) is 7.61. The van der Waals surface area contributed by atoms with Gasteiger partial charge in [-0.15, -0.1) is 11.3 Å². The van der Waals surface area contributed by atoms with E-state index >= 15 is 0 Å². The van der Waals surface area contributed by atoms with E-state index in [1.54, 1.807) is 35.6 Å². The van der Waals surface area contributed by atoms with E-state index in [1.807, 2.05) is 74.7 Å². The summed E-state index contributed by atoms with van der Waals surface area (Å²) in [5, 5.41) is 5.96. The summed E-state index contributed by atoms with van der Waals surface area (Å²) in [5.41, 5.74) is 10.8. The number of nitrogens with one attached hydrogen (secondary N) is 1. The second kappa shape index (κ2) is 11.5. The molecule has 0 radical (unpaired) electrons. The standard InChI is InChI=1S/C14H14N2O.C11H13NS/c1-10-2-8-13(9-3-10)16-14(17)11-4-6-12(15)7-5-11;1-4-6-7-10(5-2)11-8-13-9(3)12-11/h2-9H,15H2,1H3,(H,16,17);4-8H,2H2,1,3H3/b;6-4-,10-7+. The molecule has 0 aliphatic carbocycles. The largest absolute Gasteiger partial charge is 0.399 e. The van der Waals surface area contributed by atoms with Crippen LogP contribution in [0.2, 0.25) is 0 Å². The van der Waals surface area contributed by atoms with E-state index in [1.165, 1.54) is 0 Å². The minimum Gasteiger partial charge on any atom is -0.399 e. The number of nitrogen functional groups attached to an aromatic ring is 1. The average Bonchev–Trinajstić information content (AvgIpc) is 3.17. The van der Waals surface area contributed by atoms with Gasteiger partial charge in [0.15, 0.2) is 0 Å². The van der Waals surface area contributed by atoms with Crippen LogP contribution in [0.3, 0.4) is 0 Å². The molecular formula is C25H27N3OS. The monoisotopic (exact) mass is 417 g/mol. The van der Waals surface area contributed by atoms with E-state index in [0.717, 1.165) is 27.5 Å². The summed E-state index contributed by atoms with van der Waals surface area (Å²) in [4.78, 5) is 16.2. The molecule has 0 spiro atoms. The quantitative estimate of drug-likeness (QED) is 0.371. The molecule has 3 aromatic rings. The Kier molecular flexibility index (Phi) is 8.78. The summed E-state index contributed by atoms with van der Waals surface area (Å²) in [6.45, 7) is 9.76.